The second kappa shape index (κ2) is 9.40. The maximum absolute atomic E-state index is 12.3. The monoisotopic (exact) mass is 434 g/mol. The van der Waals surface area contributed by atoms with Gasteiger partial charge in [0.25, 0.3) is 0 Å². The van der Waals surface area contributed by atoms with E-state index >= 15 is 0 Å². The molecular weight excluding hydrogens is 412 g/mol. The molecule has 0 aliphatic carbocycles. The van der Waals surface area contributed by atoms with Gasteiger partial charge in [0.1, 0.15) is 12.4 Å². The molecule has 1 aromatic carbocycles. The maximum Gasteiger partial charge on any atom is 0.319 e. The van der Waals surface area contributed by atoms with E-state index in [-0.39, 0.29) is 6.03 Å². The fraction of sp³-hybridized carbons (Fsp3) is 0.182. The first-order valence-corrected chi connectivity index (χ1v) is 10.6. The minimum atomic E-state index is -0.306. The van der Waals surface area contributed by atoms with Crippen LogP contribution in [0, 0.1) is 13.8 Å². The molecule has 9 heteroatoms. The van der Waals surface area contributed by atoms with Gasteiger partial charge in [-0.25, -0.2) is 19.4 Å². The summed E-state index contributed by atoms with van der Waals surface area (Å²) in [5.41, 5.74) is 6.14. The summed E-state index contributed by atoms with van der Waals surface area (Å²) in [5.74, 6) is 1.41. The van der Waals surface area contributed by atoms with Crippen LogP contribution in [0.2, 0.25) is 0 Å². The van der Waals surface area contributed by atoms with Gasteiger partial charge in [0.2, 0.25) is 0 Å². The summed E-state index contributed by atoms with van der Waals surface area (Å²) in [6, 6.07) is 12.7. The number of hydrogen-bond acceptors (Lipinski definition) is 6. The van der Waals surface area contributed by atoms with Gasteiger partial charge in [0.05, 0.1) is 16.9 Å². The van der Waals surface area contributed by atoms with Gasteiger partial charge in [-0.15, -0.1) is 11.3 Å². The highest BCUT2D eigenvalue weighted by atomic mass is 32.1. The molecule has 3 aromatic heterocycles. The van der Waals surface area contributed by atoms with Crippen molar-refractivity contribution in [3.8, 4) is 11.6 Å². The third kappa shape index (κ3) is 5.46. The molecule has 31 heavy (non-hydrogen) atoms. The summed E-state index contributed by atoms with van der Waals surface area (Å²) in [6.07, 6.45) is 1.74. The van der Waals surface area contributed by atoms with Crippen LogP contribution in [-0.2, 0) is 13.2 Å². The highest BCUT2D eigenvalue weighted by Gasteiger charge is 2.07. The molecule has 2 amide bonds. The van der Waals surface area contributed by atoms with Crippen molar-refractivity contribution in [2.75, 3.05) is 5.32 Å². The maximum atomic E-state index is 12.3. The van der Waals surface area contributed by atoms with Gasteiger partial charge in [-0.05, 0) is 43.7 Å². The molecule has 0 radical (unpaired) electrons. The predicted molar refractivity (Wildman–Crippen MR) is 120 cm³/mol. The Morgan fingerprint density at radius 1 is 1.16 bits per heavy atom. The third-order valence-electron chi connectivity index (χ3n) is 4.45. The van der Waals surface area contributed by atoms with Crippen molar-refractivity contribution < 1.29 is 9.53 Å². The van der Waals surface area contributed by atoms with E-state index in [1.807, 2.05) is 49.6 Å². The zero-order valence-electron chi connectivity index (χ0n) is 17.2. The zero-order chi connectivity index (χ0) is 21.6. The first-order chi connectivity index (χ1) is 15.1. The number of nitrogens with one attached hydrogen (secondary N) is 2. The molecule has 0 atom stereocenters. The fourth-order valence-corrected chi connectivity index (χ4v) is 3.54. The van der Waals surface area contributed by atoms with Crippen LogP contribution in [0.3, 0.4) is 0 Å². The number of aromatic nitrogens is 4. The Morgan fingerprint density at radius 3 is 2.77 bits per heavy atom. The van der Waals surface area contributed by atoms with Gasteiger partial charge in [-0.3, -0.25) is 0 Å². The minimum Gasteiger partial charge on any atom is -0.487 e. The number of nitrogens with zero attached hydrogens (tertiary/aromatic N) is 4. The lowest BCUT2D eigenvalue weighted by atomic mass is 10.3. The van der Waals surface area contributed by atoms with E-state index in [0.29, 0.717) is 24.6 Å². The van der Waals surface area contributed by atoms with Crippen LogP contribution in [0.1, 0.15) is 22.6 Å². The van der Waals surface area contributed by atoms with E-state index in [1.165, 1.54) is 11.3 Å². The summed E-state index contributed by atoms with van der Waals surface area (Å²) in [6.45, 7) is 4.68. The van der Waals surface area contributed by atoms with E-state index in [0.717, 1.165) is 28.5 Å². The molecule has 0 saturated heterocycles. The molecule has 3 heterocycles. The van der Waals surface area contributed by atoms with Crippen LogP contribution >= 0.6 is 11.3 Å². The van der Waals surface area contributed by atoms with Gasteiger partial charge in [-0.1, -0.05) is 12.1 Å². The van der Waals surface area contributed by atoms with Crippen LogP contribution in [0.5, 0.6) is 5.75 Å². The first kappa shape index (κ1) is 20.5. The number of benzene rings is 1. The highest BCUT2D eigenvalue weighted by Crippen LogP contribution is 2.18. The summed E-state index contributed by atoms with van der Waals surface area (Å²) < 4.78 is 7.51. The molecule has 4 aromatic rings. The van der Waals surface area contributed by atoms with Crippen molar-refractivity contribution in [2.24, 2.45) is 0 Å². The van der Waals surface area contributed by atoms with Gasteiger partial charge >= 0.3 is 6.03 Å². The lowest BCUT2D eigenvalue weighted by Gasteiger charge is -2.10. The normalized spacial score (nSPS) is 10.6. The smallest absolute Gasteiger partial charge is 0.319 e. The molecule has 8 nitrogen and oxygen atoms in total. The van der Waals surface area contributed by atoms with Crippen LogP contribution < -0.4 is 15.4 Å². The molecular formula is C22H22N6O2S. The fourth-order valence-electron chi connectivity index (χ4n) is 2.99. The molecule has 0 fully saturated rings. The van der Waals surface area contributed by atoms with Gasteiger partial charge < -0.3 is 15.4 Å². The first-order valence-electron chi connectivity index (χ1n) is 9.70. The van der Waals surface area contributed by atoms with Crippen molar-refractivity contribution >= 4 is 23.1 Å². The number of ether oxygens (including phenoxy) is 1. The molecule has 0 spiro atoms. The Hall–Kier alpha value is -3.72. The topological polar surface area (TPSA) is 94.0 Å². The summed E-state index contributed by atoms with van der Waals surface area (Å²) in [4.78, 5) is 20.9. The number of thiazole rings is 1. The van der Waals surface area contributed by atoms with E-state index in [4.69, 9.17) is 4.74 Å². The number of hydrogen-bond donors (Lipinski definition) is 2. The van der Waals surface area contributed by atoms with E-state index in [9.17, 15) is 4.79 Å². The standard InChI is InChI=1S/C22H22N6O2S/c1-15-8-16(2)28(27-15)21-7-6-17(10-23-21)11-24-22(29)26-18-4-3-5-20(9-18)30-12-19-13-31-14-25-19/h3-10,13-14H,11-12H2,1-2H3,(H2,24,26,29). The van der Waals surface area contributed by atoms with Crippen molar-refractivity contribution in [3.63, 3.8) is 0 Å². The lowest BCUT2D eigenvalue weighted by molar-refractivity contribution is 0.251. The average molecular weight is 435 g/mol. The Kier molecular flexibility index (Phi) is 6.23. The average Bonchev–Trinajstić information content (AvgIpc) is 3.40. The predicted octanol–water partition coefficient (Wildman–Crippen LogP) is 4.24. The van der Waals surface area contributed by atoms with Crippen LogP contribution in [0.15, 0.2) is 59.6 Å². The van der Waals surface area contributed by atoms with Crippen molar-refractivity contribution in [2.45, 2.75) is 27.0 Å². The van der Waals surface area contributed by atoms with Crippen LogP contribution in [0.25, 0.3) is 5.82 Å². The lowest BCUT2D eigenvalue weighted by Crippen LogP contribution is -2.28. The Labute approximate surface area is 183 Å². The van der Waals surface area contributed by atoms with E-state index in [2.05, 4.69) is 25.7 Å². The molecule has 2 N–H and O–H groups in total. The molecule has 0 saturated carbocycles. The number of pyridine rings is 1. The van der Waals surface area contributed by atoms with Crippen molar-refractivity contribution in [3.05, 3.63) is 82.2 Å². The van der Waals surface area contributed by atoms with E-state index in [1.54, 1.807) is 28.5 Å². The Bertz CT molecular complexity index is 1160. The number of anilines is 1. The van der Waals surface area contributed by atoms with Gasteiger partial charge in [-0.2, -0.15) is 5.10 Å². The number of urea groups is 1. The zero-order valence-corrected chi connectivity index (χ0v) is 18.0. The molecule has 0 aliphatic rings. The molecule has 0 aliphatic heterocycles. The second-order valence-electron chi connectivity index (χ2n) is 6.97. The number of aryl methyl sites for hydroxylation is 2. The third-order valence-corrected chi connectivity index (χ3v) is 5.09. The highest BCUT2D eigenvalue weighted by molar-refractivity contribution is 7.07. The van der Waals surface area contributed by atoms with E-state index < -0.39 is 0 Å². The summed E-state index contributed by atoms with van der Waals surface area (Å²) in [5, 5.41) is 12.0. The number of rotatable bonds is 7. The number of carbonyl (C=O) groups is 1. The molecule has 0 unspecified atom stereocenters. The molecule has 158 valence electrons. The van der Waals surface area contributed by atoms with Crippen LogP contribution in [0.4, 0.5) is 10.5 Å². The SMILES string of the molecule is Cc1cc(C)n(-c2ccc(CNC(=O)Nc3cccc(OCc4cscn4)c3)cn2)n1. The quantitative estimate of drug-likeness (QED) is 0.454. The van der Waals surface area contributed by atoms with Crippen LogP contribution in [-0.4, -0.2) is 25.8 Å². The Morgan fingerprint density at radius 2 is 2.06 bits per heavy atom. The second-order valence-corrected chi connectivity index (χ2v) is 7.69. The van der Waals surface area contributed by atoms with Crippen molar-refractivity contribution in [1.29, 1.82) is 0 Å². The summed E-state index contributed by atoms with van der Waals surface area (Å²) in [7, 11) is 0. The minimum absolute atomic E-state index is 0.306. The van der Waals surface area contributed by atoms with Crippen molar-refractivity contribution in [1.82, 2.24) is 25.1 Å². The summed E-state index contributed by atoms with van der Waals surface area (Å²) >= 11 is 1.53. The number of carbonyl (C=O) groups excluding carboxylic acids is 1. The molecule has 4 rings (SSSR count). The van der Waals surface area contributed by atoms with Gasteiger partial charge in [0, 0.05) is 35.6 Å². The van der Waals surface area contributed by atoms with Gasteiger partial charge in [0.15, 0.2) is 5.82 Å². The Balaban J connectivity index is 1.29. The number of amides is 2. The largest absolute Gasteiger partial charge is 0.487 e. The molecule has 0 bridgehead atoms.